The average Bonchev–Trinajstić information content (AvgIpc) is 2.66. The third kappa shape index (κ3) is 33.4. The summed E-state index contributed by atoms with van der Waals surface area (Å²) in [6, 6.07) is 0. The zero-order valence-corrected chi connectivity index (χ0v) is 18.7. The summed E-state index contributed by atoms with van der Waals surface area (Å²) < 4.78 is 0. The molecule has 0 saturated heterocycles. The van der Waals surface area contributed by atoms with E-state index < -0.39 is 5.97 Å². The van der Waals surface area contributed by atoms with Crippen molar-refractivity contribution in [3.8, 4) is 0 Å². The van der Waals surface area contributed by atoms with E-state index in [1.165, 1.54) is 103 Å². The third-order valence-corrected chi connectivity index (χ3v) is 5.01. The summed E-state index contributed by atoms with van der Waals surface area (Å²) in [4.78, 5) is 10.3. The second kappa shape index (κ2) is 27.6. The number of aliphatic carboxylic acids is 1. The number of rotatable bonds is 20. The Bertz CT molecular complexity index is 260. The summed E-state index contributed by atoms with van der Waals surface area (Å²) in [5.74, 6) is -0.655. The number of carbonyl (C=O) groups is 1. The number of carboxylic acid groups (broad SMARTS) is 1. The van der Waals surface area contributed by atoms with Crippen molar-refractivity contribution in [3.63, 3.8) is 0 Å². The molecule has 2 N–H and O–H groups in total. The second-order valence-corrected chi connectivity index (χ2v) is 7.88. The fraction of sp³-hybridized carbons (Fsp3) is 0.958. The Hall–Kier alpha value is -0.570. The van der Waals surface area contributed by atoms with Crippen LogP contribution in [0.2, 0.25) is 0 Å². The first-order valence-electron chi connectivity index (χ1n) is 12.0. The van der Waals surface area contributed by atoms with Gasteiger partial charge in [-0.25, -0.2) is 0 Å². The molecule has 0 bridgehead atoms. The fourth-order valence-electron chi connectivity index (χ4n) is 3.19. The SMILES string of the molecule is CCCCCCCCCCCCCCCC(=O)O.CCCCCCCCO. The zero-order chi connectivity index (χ0) is 20.4. The van der Waals surface area contributed by atoms with E-state index in [0.717, 1.165) is 19.3 Å². The molecular weight excluding hydrogens is 336 g/mol. The number of hydrogen-bond acceptors (Lipinski definition) is 2. The molecular formula is C24H50O3. The molecule has 164 valence electrons. The van der Waals surface area contributed by atoms with Crippen LogP contribution in [0.5, 0.6) is 0 Å². The van der Waals surface area contributed by atoms with E-state index in [2.05, 4.69) is 13.8 Å². The highest BCUT2D eigenvalue weighted by molar-refractivity contribution is 5.66. The summed E-state index contributed by atoms with van der Waals surface area (Å²) >= 11 is 0. The molecule has 0 aromatic heterocycles. The monoisotopic (exact) mass is 386 g/mol. The molecule has 3 nitrogen and oxygen atoms in total. The predicted octanol–water partition coefficient (Wildman–Crippen LogP) is 7.89. The molecule has 0 fully saturated rings. The zero-order valence-electron chi connectivity index (χ0n) is 18.7. The largest absolute Gasteiger partial charge is 0.481 e. The van der Waals surface area contributed by atoms with Crippen LogP contribution in [0.4, 0.5) is 0 Å². The van der Waals surface area contributed by atoms with Gasteiger partial charge >= 0.3 is 5.97 Å². The van der Waals surface area contributed by atoms with Crippen molar-refractivity contribution in [2.24, 2.45) is 0 Å². The Labute approximate surface area is 170 Å². The molecule has 0 unspecified atom stereocenters. The topological polar surface area (TPSA) is 57.5 Å². The maximum atomic E-state index is 10.3. The fourth-order valence-corrected chi connectivity index (χ4v) is 3.19. The van der Waals surface area contributed by atoms with Crippen molar-refractivity contribution in [1.29, 1.82) is 0 Å². The number of unbranched alkanes of at least 4 members (excludes halogenated alkanes) is 17. The van der Waals surface area contributed by atoms with E-state index in [0.29, 0.717) is 13.0 Å². The molecule has 0 radical (unpaired) electrons. The molecule has 3 heteroatoms. The maximum absolute atomic E-state index is 10.3. The minimum Gasteiger partial charge on any atom is -0.481 e. The summed E-state index contributed by atoms with van der Waals surface area (Å²) in [5.41, 5.74) is 0. The molecule has 0 aromatic rings. The van der Waals surface area contributed by atoms with Crippen molar-refractivity contribution in [2.75, 3.05) is 6.61 Å². The van der Waals surface area contributed by atoms with Crippen molar-refractivity contribution in [3.05, 3.63) is 0 Å². The van der Waals surface area contributed by atoms with Crippen LogP contribution in [0.3, 0.4) is 0 Å². The highest BCUT2D eigenvalue weighted by Gasteiger charge is 1.96. The van der Waals surface area contributed by atoms with Crippen molar-refractivity contribution in [2.45, 2.75) is 142 Å². The summed E-state index contributed by atoms with van der Waals surface area (Å²) in [7, 11) is 0. The van der Waals surface area contributed by atoms with E-state index in [-0.39, 0.29) is 0 Å². The highest BCUT2D eigenvalue weighted by atomic mass is 16.4. The second-order valence-electron chi connectivity index (χ2n) is 7.88. The Morgan fingerprint density at radius 3 is 1.11 bits per heavy atom. The van der Waals surface area contributed by atoms with E-state index in [1.54, 1.807) is 0 Å². The van der Waals surface area contributed by atoms with Gasteiger partial charge in [0.25, 0.3) is 0 Å². The van der Waals surface area contributed by atoms with Gasteiger partial charge in [0.1, 0.15) is 0 Å². The van der Waals surface area contributed by atoms with Crippen LogP contribution < -0.4 is 0 Å². The van der Waals surface area contributed by atoms with Crippen LogP contribution >= 0.6 is 0 Å². The van der Waals surface area contributed by atoms with E-state index in [4.69, 9.17) is 10.2 Å². The van der Waals surface area contributed by atoms with Gasteiger partial charge in [0.05, 0.1) is 0 Å². The molecule has 0 aliphatic rings. The molecule has 0 heterocycles. The minimum absolute atomic E-state index is 0.345. The summed E-state index contributed by atoms with van der Waals surface area (Å²) in [5, 5.41) is 16.9. The van der Waals surface area contributed by atoms with Crippen LogP contribution in [-0.2, 0) is 4.79 Å². The van der Waals surface area contributed by atoms with Crippen LogP contribution in [0.25, 0.3) is 0 Å². The number of hydrogen-bond donors (Lipinski definition) is 2. The van der Waals surface area contributed by atoms with E-state index >= 15 is 0 Å². The molecule has 0 aliphatic heterocycles. The van der Waals surface area contributed by atoms with E-state index in [1.807, 2.05) is 0 Å². The lowest BCUT2D eigenvalue weighted by atomic mass is 10.0. The predicted molar refractivity (Wildman–Crippen MR) is 118 cm³/mol. The van der Waals surface area contributed by atoms with Gasteiger partial charge in [0, 0.05) is 13.0 Å². The van der Waals surface area contributed by atoms with Crippen LogP contribution in [-0.4, -0.2) is 22.8 Å². The Kier molecular flexibility index (Phi) is 29.3. The Morgan fingerprint density at radius 1 is 0.519 bits per heavy atom. The van der Waals surface area contributed by atoms with Gasteiger partial charge in [-0.1, -0.05) is 123 Å². The van der Waals surface area contributed by atoms with Crippen molar-refractivity contribution < 1.29 is 15.0 Å². The van der Waals surface area contributed by atoms with Gasteiger partial charge in [-0.15, -0.1) is 0 Å². The first-order chi connectivity index (χ1) is 13.2. The van der Waals surface area contributed by atoms with Gasteiger partial charge in [-0.05, 0) is 12.8 Å². The van der Waals surface area contributed by atoms with Gasteiger partial charge in [-0.2, -0.15) is 0 Å². The standard InChI is InChI=1S/C16H32O2.C8H18O/c1-2-3-4-5-6-7-8-9-10-11-12-13-14-15-16(17)18;1-2-3-4-5-6-7-8-9/h2-15H2,1H3,(H,17,18);9H,2-8H2,1H3. The third-order valence-electron chi connectivity index (χ3n) is 5.01. The molecule has 27 heavy (non-hydrogen) atoms. The molecule has 0 spiro atoms. The first-order valence-corrected chi connectivity index (χ1v) is 12.0. The molecule has 0 amide bonds. The Balaban J connectivity index is 0. The molecule has 0 aliphatic carbocycles. The van der Waals surface area contributed by atoms with Gasteiger partial charge in [0.15, 0.2) is 0 Å². The minimum atomic E-state index is -0.655. The molecule has 0 aromatic carbocycles. The molecule has 0 saturated carbocycles. The highest BCUT2D eigenvalue weighted by Crippen LogP contribution is 2.12. The van der Waals surface area contributed by atoms with Crippen LogP contribution in [0, 0.1) is 0 Å². The number of aliphatic hydroxyl groups excluding tert-OH is 1. The van der Waals surface area contributed by atoms with Gasteiger partial charge < -0.3 is 10.2 Å². The Morgan fingerprint density at radius 2 is 0.815 bits per heavy atom. The average molecular weight is 387 g/mol. The molecule has 0 rings (SSSR count). The van der Waals surface area contributed by atoms with Crippen LogP contribution in [0.15, 0.2) is 0 Å². The number of carboxylic acids is 1. The summed E-state index contributed by atoms with van der Waals surface area (Å²) in [6.45, 7) is 4.84. The first kappa shape index (κ1) is 28.6. The smallest absolute Gasteiger partial charge is 0.303 e. The lowest BCUT2D eigenvalue weighted by Crippen LogP contribution is -1.93. The molecule has 0 atom stereocenters. The summed E-state index contributed by atoms with van der Waals surface area (Å²) in [6.07, 6.45) is 24.8. The lowest BCUT2D eigenvalue weighted by Gasteiger charge is -2.02. The lowest BCUT2D eigenvalue weighted by molar-refractivity contribution is -0.137. The normalized spacial score (nSPS) is 10.5. The quantitative estimate of drug-likeness (QED) is 0.209. The van der Waals surface area contributed by atoms with Crippen molar-refractivity contribution in [1.82, 2.24) is 0 Å². The van der Waals surface area contributed by atoms with Crippen LogP contribution in [0.1, 0.15) is 142 Å². The number of aliphatic hydroxyl groups is 1. The van der Waals surface area contributed by atoms with Gasteiger partial charge in [-0.3, -0.25) is 4.79 Å². The van der Waals surface area contributed by atoms with E-state index in [9.17, 15) is 4.79 Å². The maximum Gasteiger partial charge on any atom is 0.303 e. The van der Waals surface area contributed by atoms with Gasteiger partial charge in [0.2, 0.25) is 0 Å². The van der Waals surface area contributed by atoms with Crippen molar-refractivity contribution >= 4 is 5.97 Å².